The van der Waals surface area contributed by atoms with E-state index in [0.29, 0.717) is 0 Å². The van der Waals surface area contributed by atoms with Gasteiger partial charge in [-0.05, 0) is 43.4 Å². The molecule has 1 atom stereocenters. The summed E-state index contributed by atoms with van der Waals surface area (Å²) in [6.45, 7) is 7.02. The van der Waals surface area contributed by atoms with Gasteiger partial charge in [-0.2, -0.15) is 0 Å². The van der Waals surface area contributed by atoms with Crippen molar-refractivity contribution < 1.29 is 4.74 Å². The Bertz CT molecular complexity index is 328. The first-order chi connectivity index (χ1) is 7.71. The van der Waals surface area contributed by atoms with Gasteiger partial charge in [-0.25, -0.2) is 0 Å². The fraction of sp³-hybridized carbons (Fsp3) is 0.571. The molecule has 0 saturated heterocycles. The highest BCUT2D eigenvalue weighted by atomic mass is 35.5. The highest BCUT2D eigenvalue weighted by Crippen LogP contribution is 2.21. The summed E-state index contributed by atoms with van der Waals surface area (Å²) in [5, 5.41) is 0. The Hall–Kier alpha value is -0.730. The number of hydrogen-bond acceptors (Lipinski definition) is 2. The van der Waals surface area contributed by atoms with Gasteiger partial charge in [-0.15, -0.1) is 12.4 Å². The molecule has 0 heterocycles. The fourth-order valence-electron chi connectivity index (χ4n) is 1.78. The lowest BCUT2D eigenvalue weighted by molar-refractivity contribution is 0.336. The molecule has 0 bridgehead atoms. The normalized spacial score (nSPS) is 11.8. The van der Waals surface area contributed by atoms with Crippen LogP contribution in [0.25, 0.3) is 0 Å². The smallest absolute Gasteiger partial charge is 0.122 e. The zero-order chi connectivity index (χ0) is 12.0. The summed E-state index contributed by atoms with van der Waals surface area (Å²) in [5.74, 6) is 1.01. The van der Waals surface area contributed by atoms with Gasteiger partial charge in [-0.3, -0.25) is 0 Å². The van der Waals surface area contributed by atoms with E-state index in [0.717, 1.165) is 31.6 Å². The summed E-state index contributed by atoms with van der Waals surface area (Å²) in [7, 11) is 0. The summed E-state index contributed by atoms with van der Waals surface area (Å²) < 4.78 is 5.58. The van der Waals surface area contributed by atoms with E-state index in [9.17, 15) is 0 Å². The average Bonchev–Trinajstić information content (AvgIpc) is 2.31. The highest BCUT2D eigenvalue weighted by molar-refractivity contribution is 5.85. The maximum Gasteiger partial charge on any atom is 0.122 e. The third-order valence-corrected chi connectivity index (χ3v) is 2.83. The lowest BCUT2D eigenvalue weighted by atomic mass is 10.0. The number of hydrogen-bond donors (Lipinski definition) is 1. The van der Waals surface area contributed by atoms with E-state index < -0.39 is 0 Å². The molecule has 98 valence electrons. The largest absolute Gasteiger partial charge is 0.494 e. The van der Waals surface area contributed by atoms with Crippen molar-refractivity contribution in [2.24, 2.45) is 5.73 Å². The Morgan fingerprint density at radius 2 is 1.94 bits per heavy atom. The van der Waals surface area contributed by atoms with Gasteiger partial charge in [0.05, 0.1) is 6.61 Å². The second-order valence-corrected chi connectivity index (χ2v) is 4.10. The second-order valence-electron chi connectivity index (χ2n) is 4.10. The van der Waals surface area contributed by atoms with Crippen LogP contribution in [-0.2, 0) is 12.8 Å². The van der Waals surface area contributed by atoms with Crippen molar-refractivity contribution in [3.63, 3.8) is 0 Å². The van der Waals surface area contributed by atoms with Crippen molar-refractivity contribution >= 4 is 12.4 Å². The number of nitrogens with two attached hydrogens (primary N) is 1. The number of halogens is 1. The summed E-state index contributed by atoms with van der Waals surface area (Å²) in [6, 6.07) is 6.68. The molecule has 0 spiro atoms. The van der Waals surface area contributed by atoms with Crippen LogP contribution in [0.4, 0.5) is 0 Å². The van der Waals surface area contributed by atoms with Crippen LogP contribution in [-0.4, -0.2) is 12.6 Å². The standard InChI is InChI=1S/C14H23NO.ClH/c1-4-12-9-11(10-13(15)5-2)7-8-14(12)16-6-3;/h7-9,13H,4-6,10,15H2,1-3H3;1H. The SMILES string of the molecule is CCOc1ccc(CC(N)CC)cc1CC.Cl. The van der Waals surface area contributed by atoms with Crippen LogP contribution in [0.2, 0.25) is 0 Å². The molecule has 0 fully saturated rings. The van der Waals surface area contributed by atoms with E-state index in [1.807, 2.05) is 6.92 Å². The Kier molecular flexibility index (Phi) is 8.01. The molecule has 0 aromatic heterocycles. The van der Waals surface area contributed by atoms with Gasteiger partial charge in [0.1, 0.15) is 5.75 Å². The molecule has 1 rings (SSSR count). The molecule has 1 aromatic carbocycles. The Balaban J connectivity index is 0.00000256. The van der Waals surface area contributed by atoms with Crippen LogP contribution in [0, 0.1) is 0 Å². The van der Waals surface area contributed by atoms with E-state index in [1.54, 1.807) is 0 Å². The van der Waals surface area contributed by atoms with E-state index in [4.69, 9.17) is 10.5 Å². The minimum Gasteiger partial charge on any atom is -0.494 e. The van der Waals surface area contributed by atoms with Crippen LogP contribution >= 0.6 is 12.4 Å². The molecule has 0 aliphatic rings. The summed E-state index contributed by atoms with van der Waals surface area (Å²) in [6.07, 6.45) is 2.98. The molecular weight excluding hydrogens is 234 g/mol. The van der Waals surface area contributed by atoms with Crippen LogP contribution in [0.15, 0.2) is 18.2 Å². The van der Waals surface area contributed by atoms with Gasteiger partial charge in [-0.1, -0.05) is 26.0 Å². The first kappa shape index (κ1) is 16.3. The molecule has 2 nitrogen and oxygen atoms in total. The zero-order valence-electron chi connectivity index (χ0n) is 11.0. The van der Waals surface area contributed by atoms with Crippen molar-refractivity contribution in [1.29, 1.82) is 0 Å². The van der Waals surface area contributed by atoms with Crippen LogP contribution in [0.3, 0.4) is 0 Å². The molecule has 1 aromatic rings. The topological polar surface area (TPSA) is 35.2 Å². The third-order valence-electron chi connectivity index (χ3n) is 2.83. The molecule has 2 N–H and O–H groups in total. The van der Waals surface area contributed by atoms with Gasteiger partial charge < -0.3 is 10.5 Å². The molecule has 1 unspecified atom stereocenters. The van der Waals surface area contributed by atoms with Gasteiger partial charge >= 0.3 is 0 Å². The maximum atomic E-state index is 5.96. The molecule has 0 aliphatic heterocycles. The Morgan fingerprint density at radius 3 is 2.47 bits per heavy atom. The van der Waals surface area contributed by atoms with Gasteiger partial charge in [0.2, 0.25) is 0 Å². The van der Waals surface area contributed by atoms with Crippen molar-refractivity contribution in [2.45, 2.75) is 46.1 Å². The number of aryl methyl sites for hydroxylation is 1. The van der Waals surface area contributed by atoms with Crippen LogP contribution < -0.4 is 10.5 Å². The van der Waals surface area contributed by atoms with Crippen molar-refractivity contribution in [3.8, 4) is 5.75 Å². The summed E-state index contributed by atoms with van der Waals surface area (Å²) in [5.41, 5.74) is 8.56. The van der Waals surface area contributed by atoms with Crippen molar-refractivity contribution in [2.75, 3.05) is 6.61 Å². The van der Waals surface area contributed by atoms with Gasteiger partial charge in [0.25, 0.3) is 0 Å². The molecule has 0 aliphatic carbocycles. The molecule has 0 radical (unpaired) electrons. The van der Waals surface area contributed by atoms with Crippen LogP contribution in [0.5, 0.6) is 5.75 Å². The minimum absolute atomic E-state index is 0. The van der Waals surface area contributed by atoms with Crippen molar-refractivity contribution in [3.05, 3.63) is 29.3 Å². The summed E-state index contributed by atoms with van der Waals surface area (Å²) >= 11 is 0. The Morgan fingerprint density at radius 1 is 1.24 bits per heavy atom. The lowest BCUT2D eigenvalue weighted by Crippen LogP contribution is -2.21. The monoisotopic (exact) mass is 257 g/mol. The molecular formula is C14H24ClNO. The summed E-state index contributed by atoms with van der Waals surface area (Å²) in [4.78, 5) is 0. The van der Waals surface area contributed by atoms with E-state index >= 15 is 0 Å². The third kappa shape index (κ3) is 4.97. The predicted molar refractivity (Wildman–Crippen MR) is 76.2 cm³/mol. The Labute approximate surface area is 111 Å². The molecule has 17 heavy (non-hydrogen) atoms. The van der Waals surface area contributed by atoms with E-state index in [1.165, 1.54) is 11.1 Å². The van der Waals surface area contributed by atoms with E-state index in [-0.39, 0.29) is 18.4 Å². The first-order valence-electron chi connectivity index (χ1n) is 6.21. The number of rotatable bonds is 6. The maximum absolute atomic E-state index is 5.96. The van der Waals surface area contributed by atoms with Crippen LogP contribution in [0.1, 0.15) is 38.3 Å². The van der Waals surface area contributed by atoms with Gasteiger partial charge in [0.15, 0.2) is 0 Å². The van der Waals surface area contributed by atoms with Gasteiger partial charge in [0, 0.05) is 6.04 Å². The predicted octanol–water partition coefficient (Wildman–Crippen LogP) is 3.35. The van der Waals surface area contributed by atoms with E-state index in [2.05, 4.69) is 32.0 Å². The quantitative estimate of drug-likeness (QED) is 0.848. The lowest BCUT2D eigenvalue weighted by Gasteiger charge is -2.13. The fourth-order valence-corrected chi connectivity index (χ4v) is 1.78. The number of benzene rings is 1. The van der Waals surface area contributed by atoms with Crippen molar-refractivity contribution in [1.82, 2.24) is 0 Å². The number of ether oxygens (including phenoxy) is 1. The minimum atomic E-state index is 0. The zero-order valence-corrected chi connectivity index (χ0v) is 11.8. The molecule has 0 saturated carbocycles. The second kappa shape index (κ2) is 8.37. The highest BCUT2D eigenvalue weighted by Gasteiger charge is 2.06. The molecule has 3 heteroatoms. The molecule has 0 amide bonds. The average molecular weight is 258 g/mol. The first-order valence-corrected chi connectivity index (χ1v) is 6.21.